The van der Waals surface area contributed by atoms with Crippen LogP contribution in [0.25, 0.3) is 10.9 Å². The maximum Gasteiger partial charge on any atom is 0.256 e. The van der Waals surface area contributed by atoms with Crippen LogP contribution in [0.4, 0.5) is 5.69 Å². The third-order valence-corrected chi connectivity index (χ3v) is 6.66. The molecular formula is C21H21N3O3S. The molecule has 1 aliphatic carbocycles. The molecule has 4 rings (SSSR count). The fourth-order valence-corrected chi connectivity index (χ4v) is 4.06. The molecule has 0 bridgehead atoms. The summed E-state index contributed by atoms with van der Waals surface area (Å²) < 4.78 is 25.8. The summed E-state index contributed by atoms with van der Waals surface area (Å²) in [5.74, 6) is 0.143. The Bertz CT molecular complexity index is 1170. The van der Waals surface area contributed by atoms with E-state index >= 15 is 0 Å². The number of rotatable bonds is 5. The van der Waals surface area contributed by atoms with Gasteiger partial charge in [-0.1, -0.05) is 24.3 Å². The molecule has 0 aliphatic heterocycles. The Morgan fingerprint density at radius 1 is 1.07 bits per heavy atom. The Hall–Kier alpha value is -2.77. The van der Waals surface area contributed by atoms with Gasteiger partial charge in [-0.15, -0.1) is 0 Å². The summed E-state index contributed by atoms with van der Waals surface area (Å²) in [5, 5.41) is 3.62. The lowest BCUT2D eigenvalue weighted by molar-refractivity contribution is 0.102. The molecule has 6 nitrogen and oxygen atoms in total. The first kappa shape index (κ1) is 18.6. The molecule has 2 aromatic carbocycles. The average molecular weight is 395 g/mol. The lowest BCUT2D eigenvalue weighted by Crippen LogP contribution is -2.22. The lowest BCUT2D eigenvalue weighted by atomic mass is 10.1. The van der Waals surface area contributed by atoms with E-state index in [1.54, 1.807) is 12.1 Å². The van der Waals surface area contributed by atoms with Gasteiger partial charge >= 0.3 is 0 Å². The number of fused-ring (bicyclic) bond motifs is 1. The molecule has 1 saturated carbocycles. The van der Waals surface area contributed by atoms with Gasteiger partial charge < -0.3 is 5.32 Å². The summed E-state index contributed by atoms with van der Waals surface area (Å²) in [7, 11) is -0.622. The van der Waals surface area contributed by atoms with Crippen LogP contribution in [-0.4, -0.2) is 37.7 Å². The van der Waals surface area contributed by atoms with Crippen LogP contribution in [0.2, 0.25) is 0 Å². The van der Waals surface area contributed by atoms with Crippen molar-refractivity contribution < 1.29 is 13.2 Å². The van der Waals surface area contributed by atoms with Gasteiger partial charge in [0.1, 0.15) is 0 Å². The minimum atomic E-state index is -3.57. The zero-order valence-corrected chi connectivity index (χ0v) is 16.5. The van der Waals surface area contributed by atoms with Crippen molar-refractivity contribution in [2.45, 2.75) is 23.7 Å². The molecule has 1 N–H and O–H groups in total. The minimum Gasteiger partial charge on any atom is -0.322 e. The highest BCUT2D eigenvalue weighted by Crippen LogP contribution is 2.40. The van der Waals surface area contributed by atoms with Crippen molar-refractivity contribution in [3.8, 4) is 0 Å². The fraction of sp³-hybridized carbons (Fsp3) is 0.238. The Labute approximate surface area is 164 Å². The van der Waals surface area contributed by atoms with E-state index in [4.69, 9.17) is 0 Å². The molecule has 1 aliphatic rings. The first-order valence-electron chi connectivity index (χ1n) is 9.10. The van der Waals surface area contributed by atoms with Gasteiger partial charge in [-0.25, -0.2) is 12.7 Å². The highest BCUT2D eigenvalue weighted by molar-refractivity contribution is 7.89. The second-order valence-corrected chi connectivity index (χ2v) is 9.31. The molecule has 0 atom stereocenters. The van der Waals surface area contributed by atoms with Crippen LogP contribution in [0.1, 0.15) is 34.8 Å². The normalized spacial score (nSPS) is 14.4. The average Bonchev–Trinajstić information content (AvgIpc) is 3.52. The quantitative estimate of drug-likeness (QED) is 0.716. The van der Waals surface area contributed by atoms with Crippen molar-refractivity contribution in [3.63, 3.8) is 0 Å². The second-order valence-electron chi connectivity index (χ2n) is 7.16. The van der Waals surface area contributed by atoms with Gasteiger partial charge in [-0.3, -0.25) is 9.78 Å². The fourth-order valence-electron chi connectivity index (χ4n) is 3.12. The van der Waals surface area contributed by atoms with Gasteiger partial charge in [-0.2, -0.15) is 0 Å². The first-order chi connectivity index (χ1) is 13.4. The molecule has 1 heterocycles. The zero-order valence-electron chi connectivity index (χ0n) is 15.7. The Morgan fingerprint density at radius 3 is 2.54 bits per heavy atom. The van der Waals surface area contributed by atoms with E-state index < -0.39 is 10.0 Å². The molecule has 0 unspecified atom stereocenters. The smallest absolute Gasteiger partial charge is 0.256 e. The molecular weight excluding hydrogens is 374 g/mol. The number of carbonyl (C=O) groups excluding carboxylic acids is 1. The molecule has 7 heteroatoms. The van der Waals surface area contributed by atoms with E-state index in [0.717, 1.165) is 33.7 Å². The van der Waals surface area contributed by atoms with E-state index in [9.17, 15) is 13.2 Å². The number of anilines is 1. The van der Waals surface area contributed by atoms with Crippen LogP contribution in [-0.2, 0) is 10.0 Å². The molecule has 0 radical (unpaired) electrons. The number of para-hydroxylation sites is 1. The Balaban J connectivity index is 1.70. The summed E-state index contributed by atoms with van der Waals surface area (Å²) in [6, 6.07) is 15.7. The molecule has 3 aromatic rings. The van der Waals surface area contributed by atoms with E-state index in [-0.39, 0.29) is 10.8 Å². The van der Waals surface area contributed by atoms with Crippen molar-refractivity contribution in [1.29, 1.82) is 0 Å². The van der Waals surface area contributed by atoms with Crippen molar-refractivity contribution >= 4 is 32.5 Å². The van der Waals surface area contributed by atoms with Crippen LogP contribution >= 0.6 is 0 Å². The van der Waals surface area contributed by atoms with Crippen molar-refractivity contribution in [1.82, 2.24) is 9.29 Å². The summed E-state index contributed by atoms with van der Waals surface area (Å²) in [6.45, 7) is 0. The molecule has 0 saturated heterocycles. The maximum atomic E-state index is 13.0. The zero-order chi connectivity index (χ0) is 19.9. The van der Waals surface area contributed by atoms with E-state index in [1.165, 1.54) is 26.2 Å². The predicted molar refractivity (Wildman–Crippen MR) is 109 cm³/mol. The highest BCUT2D eigenvalue weighted by atomic mass is 32.2. The van der Waals surface area contributed by atoms with Crippen LogP contribution in [0.3, 0.4) is 0 Å². The number of benzene rings is 2. The largest absolute Gasteiger partial charge is 0.322 e. The lowest BCUT2D eigenvalue weighted by Gasteiger charge is -2.13. The number of hydrogen-bond donors (Lipinski definition) is 1. The van der Waals surface area contributed by atoms with Gasteiger partial charge in [0.2, 0.25) is 10.0 Å². The molecule has 1 fully saturated rings. The standard InChI is InChI=1S/C21H21N3O3S/c1-24(2)28(26,27)16-7-5-6-15(12-16)22-21(25)18-13-20(14-10-11-14)23-19-9-4-3-8-17(18)19/h3-9,12-14H,10-11H2,1-2H3,(H,22,25). The highest BCUT2D eigenvalue weighted by Gasteiger charge is 2.27. The third kappa shape index (κ3) is 3.50. The molecule has 28 heavy (non-hydrogen) atoms. The van der Waals surface area contributed by atoms with E-state index in [0.29, 0.717) is 17.2 Å². The summed E-state index contributed by atoms with van der Waals surface area (Å²) in [4.78, 5) is 17.8. The van der Waals surface area contributed by atoms with E-state index in [2.05, 4.69) is 10.3 Å². The third-order valence-electron chi connectivity index (χ3n) is 4.85. The molecule has 0 spiro atoms. The van der Waals surface area contributed by atoms with Gasteiger partial charge in [0.25, 0.3) is 5.91 Å². The Morgan fingerprint density at radius 2 is 1.82 bits per heavy atom. The van der Waals surface area contributed by atoms with Gasteiger partial charge in [0, 0.05) is 36.8 Å². The second kappa shape index (κ2) is 7.00. The molecule has 144 valence electrons. The van der Waals surface area contributed by atoms with Gasteiger partial charge in [0.15, 0.2) is 0 Å². The number of aromatic nitrogens is 1. The van der Waals surface area contributed by atoms with E-state index in [1.807, 2.05) is 30.3 Å². The van der Waals surface area contributed by atoms with Crippen LogP contribution in [0.15, 0.2) is 59.5 Å². The van der Waals surface area contributed by atoms with Crippen molar-refractivity contribution in [2.75, 3.05) is 19.4 Å². The van der Waals surface area contributed by atoms with Crippen molar-refractivity contribution in [2.24, 2.45) is 0 Å². The Kier molecular flexibility index (Phi) is 4.64. The number of nitrogens with one attached hydrogen (secondary N) is 1. The summed E-state index contributed by atoms with van der Waals surface area (Å²) in [6.07, 6.45) is 2.19. The summed E-state index contributed by atoms with van der Waals surface area (Å²) in [5.41, 5.74) is 2.71. The minimum absolute atomic E-state index is 0.133. The number of sulfonamides is 1. The molecule has 1 aromatic heterocycles. The number of hydrogen-bond acceptors (Lipinski definition) is 4. The number of amides is 1. The van der Waals surface area contributed by atoms with Crippen LogP contribution < -0.4 is 5.32 Å². The molecule has 1 amide bonds. The number of carbonyl (C=O) groups is 1. The van der Waals surface area contributed by atoms with Crippen molar-refractivity contribution in [3.05, 3.63) is 65.9 Å². The SMILES string of the molecule is CN(C)S(=O)(=O)c1cccc(NC(=O)c2cc(C3CC3)nc3ccccc23)c1. The predicted octanol–water partition coefficient (Wildman–Crippen LogP) is 3.61. The van der Waals surface area contributed by atoms with Gasteiger partial charge in [-0.05, 0) is 43.2 Å². The summed E-state index contributed by atoms with van der Waals surface area (Å²) >= 11 is 0. The van der Waals surface area contributed by atoms with Crippen LogP contribution in [0.5, 0.6) is 0 Å². The van der Waals surface area contributed by atoms with Gasteiger partial charge in [0.05, 0.1) is 16.0 Å². The topological polar surface area (TPSA) is 79.4 Å². The maximum absolute atomic E-state index is 13.0. The van der Waals surface area contributed by atoms with Crippen LogP contribution in [0, 0.1) is 0 Å². The first-order valence-corrected chi connectivity index (χ1v) is 10.5. The number of nitrogens with zero attached hydrogens (tertiary/aromatic N) is 2. The monoisotopic (exact) mass is 395 g/mol. The number of pyridine rings is 1.